The lowest BCUT2D eigenvalue weighted by Crippen LogP contribution is -2.29. The predicted octanol–water partition coefficient (Wildman–Crippen LogP) is 5.27. The first kappa shape index (κ1) is 16.3. The fourth-order valence-electron chi connectivity index (χ4n) is 1.95. The Morgan fingerprint density at radius 2 is 1.60 bits per heavy atom. The normalized spacial score (nSPS) is 12.4. The molecule has 0 aromatic heterocycles. The van der Waals surface area contributed by atoms with E-state index < -0.39 is 0 Å². The highest BCUT2D eigenvalue weighted by atomic mass is 79.9. The van der Waals surface area contributed by atoms with Crippen LogP contribution in [0.25, 0.3) is 0 Å². The van der Waals surface area contributed by atoms with E-state index in [-0.39, 0.29) is 6.04 Å². The van der Waals surface area contributed by atoms with Crippen molar-refractivity contribution >= 4 is 55.1 Å². The van der Waals surface area contributed by atoms with Gasteiger partial charge in [-0.2, -0.15) is 0 Å². The minimum Gasteiger partial charge on any atom is -0.271 e. The maximum atomic E-state index is 6.27. The first-order valence-electron chi connectivity index (χ1n) is 5.86. The predicted molar refractivity (Wildman–Crippen MR) is 92.1 cm³/mol. The summed E-state index contributed by atoms with van der Waals surface area (Å²) in [6.07, 6.45) is 0.657. The van der Waals surface area contributed by atoms with Crippen LogP contribution in [0.1, 0.15) is 17.2 Å². The molecule has 1 atom stereocenters. The molecule has 2 aromatic rings. The molecule has 2 nitrogen and oxygen atoms in total. The zero-order valence-electron chi connectivity index (χ0n) is 10.3. The van der Waals surface area contributed by atoms with Gasteiger partial charge in [0, 0.05) is 19.0 Å². The molecule has 106 valence electrons. The van der Waals surface area contributed by atoms with Crippen LogP contribution < -0.4 is 11.3 Å². The second kappa shape index (κ2) is 7.25. The van der Waals surface area contributed by atoms with E-state index in [1.165, 1.54) is 0 Å². The van der Waals surface area contributed by atoms with Crippen molar-refractivity contribution < 1.29 is 0 Å². The number of nitrogens with two attached hydrogens (primary N) is 1. The second-order valence-corrected chi connectivity index (χ2v) is 6.97. The van der Waals surface area contributed by atoms with Gasteiger partial charge in [-0.05, 0) is 41.8 Å². The van der Waals surface area contributed by atoms with Gasteiger partial charge in [-0.3, -0.25) is 11.3 Å². The molecule has 0 saturated carbocycles. The van der Waals surface area contributed by atoms with Crippen LogP contribution in [0.2, 0.25) is 10.0 Å². The van der Waals surface area contributed by atoms with Crippen LogP contribution in [-0.2, 0) is 6.42 Å². The van der Waals surface area contributed by atoms with Gasteiger partial charge in [-0.25, -0.2) is 0 Å². The minimum absolute atomic E-state index is 0.103. The summed E-state index contributed by atoms with van der Waals surface area (Å²) in [5, 5.41) is 1.36. The zero-order valence-corrected chi connectivity index (χ0v) is 15.0. The summed E-state index contributed by atoms with van der Waals surface area (Å²) in [4.78, 5) is 0. The molecule has 0 bridgehead atoms. The van der Waals surface area contributed by atoms with Gasteiger partial charge in [-0.15, -0.1) is 0 Å². The van der Waals surface area contributed by atoms with Gasteiger partial charge in [-0.1, -0.05) is 67.2 Å². The third-order valence-corrected chi connectivity index (χ3v) is 4.64. The van der Waals surface area contributed by atoms with E-state index in [1.807, 2.05) is 36.4 Å². The molecule has 2 aromatic carbocycles. The standard InChI is InChI=1S/C14H12Br2Cl2N2/c15-9-2-1-8(12(17)6-9)5-14(20-19)11-4-3-10(16)7-13(11)18/h1-4,6-7,14,20H,5,19H2. The Labute approximate surface area is 144 Å². The van der Waals surface area contributed by atoms with Gasteiger partial charge in [0.2, 0.25) is 0 Å². The van der Waals surface area contributed by atoms with Crippen molar-refractivity contribution in [2.45, 2.75) is 12.5 Å². The molecule has 0 fully saturated rings. The lowest BCUT2D eigenvalue weighted by molar-refractivity contribution is 0.552. The van der Waals surface area contributed by atoms with Crippen LogP contribution >= 0.6 is 55.1 Å². The van der Waals surface area contributed by atoms with Crippen molar-refractivity contribution in [3.8, 4) is 0 Å². The third kappa shape index (κ3) is 3.97. The van der Waals surface area contributed by atoms with Crippen molar-refractivity contribution in [2.75, 3.05) is 0 Å². The van der Waals surface area contributed by atoms with Crippen LogP contribution in [0.4, 0.5) is 0 Å². The van der Waals surface area contributed by atoms with E-state index in [0.29, 0.717) is 16.5 Å². The minimum atomic E-state index is -0.103. The highest BCUT2D eigenvalue weighted by molar-refractivity contribution is 9.10. The zero-order chi connectivity index (χ0) is 14.7. The van der Waals surface area contributed by atoms with Crippen LogP contribution in [0.5, 0.6) is 0 Å². The number of hydrogen-bond acceptors (Lipinski definition) is 2. The molecule has 2 rings (SSSR count). The average Bonchev–Trinajstić information content (AvgIpc) is 2.39. The van der Waals surface area contributed by atoms with Gasteiger partial charge >= 0.3 is 0 Å². The molecule has 0 amide bonds. The Morgan fingerprint density at radius 1 is 1.00 bits per heavy atom. The number of nitrogens with one attached hydrogen (secondary N) is 1. The highest BCUT2D eigenvalue weighted by Crippen LogP contribution is 2.30. The largest absolute Gasteiger partial charge is 0.271 e. The highest BCUT2D eigenvalue weighted by Gasteiger charge is 2.16. The van der Waals surface area contributed by atoms with Crippen molar-refractivity contribution in [1.82, 2.24) is 5.43 Å². The van der Waals surface area contributed by atoms with Crippen molar-refractivity contribution in [2.24, 2.45) is 5.84 Å². The summed E-state index contributed by atoms with van der Waals surface area (Å²) < 4.78 is 1.88. The number of hydrazine groups is 1. The summed E-state index contributed by atoms with van der Waals surface area (Å²) >= 11 is 19.3. The Bertz CT molecular complexity index is 620. The molecule has 20 heavy (non-hydrogen) atoms. The fraction of sp³-hybridized carbons (Fsp3) is 0.143. The number of rotatable bonds is 4. The molecule has 0 spiro atoms. The quantitative estimate of drug-likeness (QED) is 0.504. The van der Waals surface area contributed by atoms with Gasteiger partial charge < -0.3 is 0 Å². The summed E-state index contributed by atoms with van der Waals surface area (Å²) in [6, 6.07) is 11.4. The SMILES string of the molecule is NNC(Cc1ccc(Br)cc1Cl)c1ccc(Br)cc1Cl. The summed E-state index contributed by atoms with van der Waals surface area (Å²) in [7, 11) is 0. The lowest BCUT2D eigenvalue weighted by atomic mass is 9.99. The smallest absolute Gasteiger partial charge is 0.0515 e. The maximum absolute atomic E-state index is 6.27. The molecule has 0 heterocycles. The first-order valence-corrected chi connectivity index (χ1v) is 8.20. The van der Waals surface area contributed by atoms with Gasteiger partial charge in [0.25, 0.3) is 0 Å². The molecule has 1 unspecified atom stereocenters. The molecule has 0 aliphatic carbocycles. The van der Waals surface area contributed by atoms with Crippen LogP contribution in [0, 0.1) is 0 Å². The molecule has 0 saturated heterocycles. The molecular weight excluding hydrogens is 427 g/mol. The molecular formula is C14H12Br2Cl2N2. The van der Waals surface area contributed by atoms with E-state index >= 15 is 0 Å². The van der Waals surface area contributed by atoms with E-state index in [2.05, 4.69) is 37.3 Å². The van der Waals surface area contributed by atoms with Crippen molar-refractivity contribution in [3.63, 3.8) is 0 Å². The Morgan fingerprint density at radius 3 is 2.15 bits per heavy atom. The first-order chi connectivity index (χ1) is 9.51. The van der Waals surface area contributed by atoms with Crippen molar-refractivity contribution in [1.29, 1.82) is 0 Å². The molecule has 3 N–H and O–H groups in total. The summed E-state index contributed by atoms with van der Waals surface area (Å²) in [5.74, 6) is 5.67. The van der Waals surface area contributed by atoms with E-state index in [9.17, 15) is 0 Å². The lowest BCUT2D eigenvalue weighted by Gasteiger charge is -2.19. The van der Waals surface area contributed by atoms with Gasteiger partial charge in [0.1, 0.15) is 0 Å². The molecule has 0 aliphatic heterocycles. The fourth-order valence-corrected chi connectivity index (χ4v) is 3.51. The van der Waals surface area contributed by atoms with E-state index in [1.54, 1.807) is 0 Å². The Balaban J connectivity index is 2.28. The van der Waals surface area contributed by atoms with Gasteiger partial charge in [0.15, 0.2) is 0 Å². The maximum Gasteiger partial charge on any atom is 0.0515 e. The van der Waals surface area contributed by atoms with Gasteiger partial charge in [0.05, 0.1) is 6.04 Å². The number of benzene rings is 2. The Hall–Kier alpha value is -0.100. The topological polar surface area (TPSA) is 38.0 Å². The summed E-state index contributed by atoms with van der Waals surface area (Å²) in [5.41, 5.74) is 4.75. The van der Waals surface area contributed by atoms with Crippen LogP contribution in [-0.4, -0.2) is 0 Å². The summed E-state index contributed by atoms with van der Waals surface area (Å²) in [6.45, 7) is 0. The third-order valence-electron chi connectivity index (χ3n) is 2.98. The van der Waals surface area contributed by atoms with E-state index in [0.717, 1.165) is 20.1 Å². The molecule has 6 heteroatoms. The molecule has 0 aliphatic rings. The monoisotopic (exact) mass is 436 g/mol. The second-order valence-electron chi connectivity index (χ2n) is 4.32. The van der Waals surface area contributed by atoms with Crippen LogP contribution in [0.3, 0.4) is 0 Å². The molecule has 0 radical (unpaired) electrons. The van der Waals surface area contributed by atoms with E-state index in [4.69, 9.17) is 29.0 Å². The Kier molecular flexibility index (Phi) is 5.90. The van der Waals surface area contributed by atoms with Crippen LogP contribution in [0.15, 0.2) is 45.3 Å². The average molecular weight is 439 g/mol. The number of hydrogen-bond donors (Lipinski definition) is 2. The number of halogens is 4. The van der Waals surface area contributed by atoms with Crippen molar-refractivity contribution in [3.05, 3.63) is 66.5 Å².